The third-order valence-corrected chi connectivity index (χ3v) is 4.44. The van der Waals surface area contributed by atoms with Crippen LogP contribution in [0.25, 0.3) is 0 Å². The highest BCUT2D eigenvalue weighted by Gasteiger charge is 2.26. The average molecular weight is 373 g/mol. The van der Waals surface area contributed by atoms with Gasteiger partial charge in [0.2, 0.25) is 11.9 Å². The summed E-state index contributed by atoms with van der Waals surface area (Å²) in [5.41, 5.74) is 7.21. The molecule has 2 aromatic rings. The Morgan fingerprint density at radius 3 is 2.81 bits per heavy atom. The van der Waals surface area contributed by atoms with Crippen LogP contribution in [0.4, 0.5) is 16.2 Å². The molecule has 8 heteroatoms. The lowest BCUT2D eigenvalue weighted by Gasteiger charge is -2.30. The molecule has 3 N–H and O–H groups in total. The van der Waals surface area contributed by atoms with Gasteiger partial charge < -0.3 is 20.7 Å². The number of nitrogens with zero attached hydrogens (tertiary/aromatic N) is 3. The quantitative estimate of drug-likeness (QED) is 0.800. The average Bonchev–Trinajstić information content (AvgIpc) is 2.64. The molecule has 0 aliphatic carbocycles. The number of carbonyl (C=O) groups excluding carboxylic acids is 1. The number of halogens is 1. The van der Waals surface area contributed by atoms with Crippen LogP contribution in [-0.4, -0.2) is 53.6 Å². The Bertz CT molecular complexity index is 775. The monoisotopic (exact) mass is 373 g/mol. The summed E-state index contributed by atoms with van der Waals surface area (Å²) in [6.45, 7) is 4.39. The molecule has 27 heavy (non-hydrogen) atoms. The molecule has 1 aromatic heterocycles. The number of morpholine rings is 1. The zero-order valence-corrected chi connectivity index (χ0v) is 15.3. The van der Waals surface area contributed by atoms with Gasteiger partial charge in [0.25, 0.3) is 0 Å². The van der Waals surface area contributed by atoms with E-state index >= 15 is 0 Å². The molecule has 1 unspecified atom stereocenters. The summed E-state index contributed by atoms with van der Waals surface area (Å²) in [4.78, 5) is 23.0. The summed E-state index contributed by atoms with van der Waals surface area (Å²) < 4.78 is 18.9. The number of anilines is 2. The minimum Gasteiger partial charge on any atom is -0.378 e. The maximum absolute atomic E-state index is 13.6. The number of rotatable bonds is 6. The van der Waals surface area contributed by atoms with E-state index in [4.69, 9.17) is 10.5 Å². The number of amides is 1. The Hall–Kier alpha value is -2.74. The molecular weight excluding hydrogens is 349 g/mol. The first kappa shape index (κ1) is 19.0. The number of nitrogen functional groups attached to an aromatic ring is 1. The third-order valence-electron chi connectivity index (χ3n) is 4.44. The predicted octanol–water partition coefficient (Wildman–Crippen LogP) is 1.64. The molecule has 0 bridgehead atoms. The van der Waals surface area contributed by atoms with Crippen LogP contribution < -0.4 is 11.1 Å². The van der Waals surface area contributed by atoms with Gasteiger partial charge in [0.15, 0.2) is 0 Å². The van der Waals surface area contributed by atoms with Crippen molar-refractivity contribution in [1.82, 2.24) is 14.9 Å². The highest BCUT2D eigenvalue weighted by Crippen LogP contribution is 2.16. The lowest BCUT2D eigenvalue weighted by atomic mass is 9.97. The van der Waals surface area contributed by atoms with Crippen LogP contribution in [0, 0.1) is 18.7 Å². The molecule has 144 valence electrons. The molecule has 7 nitrogen and oxygen atoms in total. The smallest absolute Gasteiger partial charge is 0.227 e. The largest absolute Gasteiger partial charge is 0.378 e. The highest BCUT2D eigenvalue weighted by molar-refractivity contribution is 5.80. The number of nitrogens with one attached hydrogen (secondary N) is 1. The fraction of sp³-hybridized carbons (Fsp3) is 0.421. The van der Waals surface area contributed by atoms with Crippen LogP contribution in [0.1, 0.15) is 11.3 Å². The number of hydrogen-bond acceptors (Lipinski definition) is 6. The van der Waals surface area contributed by atoms with Crippen LogP contribution in [0.5, 0.6) is 0 Å². The van der Waals surface area contributed by atoms with Gasteiger partial charge in [0, 0.05) is 31.4 Å². The van der Waals surface area contributed by atoms with Crippen LogP contribution in [0.2, 0.25) is 0 Å². The van der Waals surface area contributed by atoms with Crippen molar-refractivity contribution in [2.45, 2.75) is 13.3 Å². The summed E-state index contributed by atoms with van der Waals surface area (Å²) in [7, 11) is 0. The number of benzene rings is 1. The topological polar surface area (TPSA) is 93.4 Å². The summed E-state index contributed by atoms with van der Waals surface area (Å²) in [5.74, 6) is 0.102. The Labute approximate surface area is 157 Å². The number of aromatic nitrogens is 2. The van der Waals surface area contributed by atoms with E-state index in [1.807, 2.05) is 13.0 Å². The standard InChI is InChI=1S/C19H24FN5O2/c1-13-9-17(24-19(21)23-13)22-12-15(10-14-3-2-4-16(20)11-14)18(26)25-5-7-27-8-6-25/h2-4,9,11,15H,5-8,10,12H2,1H3,(H3,21,22,23,24). The zero-order chi connectivity index (χ0) is 19.2. The molecule has 1 aliphatic heterocycles. The van der Waals surface area contributed by atoms with E-state index in [0.717, 1.165) is 11.3 Å². The van der Waals surface area contributed by atoms with Gasteiger partial charge in [-0.1, -0.05) is 12.1 Å². The molecule has 1 aliphatic rings. The molecule has 0 spiro atoms. The minimum absolute atomic E-state index is 0.0220. The van der Waals surface area contributed by atoms with Gasteiger partial charge in [0.1, 0.15) is 11.6 Å². The second-order valence-corrected chi connectivity index (χ2v) is 6.60. The molecule has 1 atom stereocenters. The van der Waals surface area contributed by atoms with Crippen molar-refractivity contribution < 1.29 is 13.9 Å². The Morgan fingerprint density at radius 1 is 1.33 bits per heavy atom. The number of nitrogens with two attached hydrogens (primary N) is 1. The molecule has 1 amide bonds. The lowest BCUT2D eigenvalue weighted by molar-refractivity contribution is -0.139. The van der Waals surface area contributed by atoms with Gasteiger partial charge in [-0.3, -0.25) is 4.79 Å². The summed E-state index contributed by atoms with van der Waals surface area (Å²) in [5, 5.41) is 3.18. The van der Waals surface area contributed by atoms with Crippen LogP contribution in [-0.2, 0) is 16.0 Å². The van der Waals surface area contributed by atoms with Gasteiger partial charge in [0.05, 0.1) is 19.1 Å². The van der Waals surface area contributed by atoms with Gasteiger partial charge in [-0.2, -0.15) is 4.98 Å². The zero-order valence-electron chi connectivity index (χ0n) is 15.3. The maximum atomic E-state index is 13.6. The minimum atomic E-state index is -0.360. The van der Waals surface area contributed by atoms with Crippen molar-refractivity contribution in [1.29, 1.82) is 0 Å². The van der Waals surface area contributed by atoms with Crippen molar-refractivity contribution in [2.24, 2.45) is 5.92 Å². The van der Waals surface area contributed by atoms with Gasteiger partial charge >= 0.3 is 0 Å². The second kappa shape index (κ2) is 8.77. The summed E-state index contributed by atoms with van der Waals surface area (Å²) >= 11 is 0. The van der Waals surface area contributed by atoms with Gasteiger partial charge in [-0.05, 0) is 31.0 Å². The molecule has 3 rings (SSSR count). The first-order valence-corrected chi connectivity index (χ1v) is 8.97. The van der Waals surface area contributed by atoms with Crippen LogP contribution in [0.3, 0.4) is 0 Å². The molecular formula is C19H24FN5O2. The molecule has 2 heterocycles. The third kappa shape index (κ3) is 5.37. The van der Waals surface area contributed by atoms with E-state index in [1.54, 1.807) is 17.0 Å². The second-order valence-electron chi connectivity index (χ2n) is 6.60. The lowest BCUT2D eigenvalue weighted by Crippen LogP contribution is -2.45. The van der Waals surface area contributed by atoms with Crippen LogP contribution >= 0.6 is 0 Å². The number of aryl methyl sites for hydroxylation is 1. The first-order chi connectivity index (χ1) is 13.0. The fourth-order valence-electron chi connectivity index (χ4n) is 3.15. The molecule has 1 saturated heterocycles. The maximum Gasteiger partial charge on any atom is 0.227 e. The molecule has 1 aromatic carbocycles. The first-order valence-electron chi connectivity index (χ1n) is 8.97. The van der Waals surface area contributed by atoms with E-state index in [-0.39, 0.29) is 23.6 Å². The van der Waals surface area contributed by atoms with E-state index in [0.29, 0.717) is 45.1 Å². The van der Waals surface area contributed by atoms with Crippen molar-refractivity contribution in [3.8, 4) is 0 Å². The molecule has 0 saturated carbocycles. The van der Waals surface area contributed by atoms with Crippen molar-refractivity contribution in [3.05, 3.63) is 47.4 Å². The van der Waals surface area contributed by atoms with Crippen molar-refractivity contribution in [3.63, 3.8) is 0 Å². The summed E-state index contributed by atoms with van der Waals surface area (Å²) in [6, 6.07) is 8.12. The molecule has 1 fully saturated rings. The van der Waals surface area contributed by atoms with Crippen LogP contribution in [0.15, 0.2) is 30.3 Å². The van der Waals surface area contributed by atoms with Crippen molar-refractivity contribution in [2.75, 3.05) is 43.9 Å². The van der Waals surface area contributed by atoms with E-state index in [2.05, 4.69) is 15.3 Å². The molecule has 0 radical (unpaired) electrons. The van der Waals surface area contributed by atoms with E-state index in [1.165, 1.54) is 12.1 Å². The van der Waals surface area contributed by atoms with Gasteiger partial charge in [-0.15, -0.1) is 0 Å². The SMILES string of the molecule is Cc1cc(NCC(Cc2cccc(F)c2)C(=O)N2CCOCC2)nc(N)n1. The van der Waals surface area contributed by atoms with Gasteiger partial charge in [-0.25, -0.2) is 9.37 Å². The fourth-order valence-corrected chi connectivity index (χ4v) is 3.15. The predicted molar refractivity (Wildman–Crippen MR) is 101 cm³/mol. The number of carbonyl (C=O) groups is 1. The van der Waals surface area contributed by atoms with E-state index < -0.39 is 0 Å². The van der Waals surface area contributed by atoms with E-state index in [9.17, 15) is 9.18 Å². The van der Waals surface area contributed by atoms with Crippen molar-refractivity contribution >= 4 is 17.7 Å². The Morgan fingerprint density at radius 2 is 2.11 bits per heavy atom. The Balaban J connectivity index is 1.74. The normalized spacial score (nSPS) is 15.4. The summed E-state index contributed by atoms with van der Waals surface area (Å²) in [6.07, 6.45) is 0.431. The number of ether oxygens (including phenoxy) is 1. The number of hydrogen-bond donors (Lipinski definition) is 2. The Kier molecular flexibility index (Phi) is 6.18. The highest BCUT2D eigenvalue weighted by atomic mass is 19.1.